The molecule has 1 saturated heterocycles. The molecule has 1 aliphatic rings. The van der Waals surface area contributed by atoms with E-state index >= 15 is 0 Å². The molecule has 0 aliphatic carbocycles. The van der Waals surface area contributed by atoms with Crippen LogP contribution in [-0.4, -0.2) is 119 Å². The number of nitrogen functional groups attached to an aromatic ring is 1. The number of rotatable bonds is 18. The fourth-order valence-corrected chi connectivity index (χ4v) is 6.97. The third-order valence-corrected chi connectivity index (χ3v) is 9.93. The van der Waals surface area contributed by atoms with Gasteiger partial charge in [-0.2, -0.15) is 8.42 Å². The van der Waals surface area contributed by atoms with E-state index in [0.717, 1.165) is 12.8 Å². The Kier molecular flexibility index (Phi) is 19.9. The summed E-state index contributed by atoms with van der Waals surface area (Å²) in [7, 11) is -9.13. The number of aliphatic carboxylic acids is 1. The molecule has 0 bridgehead atoms. The minimum Gasteiger partial charge on any atom is -0.759 e. The summed E-state index contributed by atoms with van der Waals surface area (Å²) in [4.78, 5) is 23.0. The van der Waals surface area contributed by atoms with Gasteiger partial charge in [0.25, 0.3) is 10.1 Å². The van der Waals surface area contributed by atoms with E-state index in [2.05, 4.69) is 21.9 Å². The molecule has 1 unspecified atom stereocenters. The monoisotopic (exact) mass is 745 g/mol. The summed E-state index contributed by atoms with van der Waals surface area (Å²) >= 11 is 0. The summed E-state index contributed by atoms with van der Waals surface area (Å²) in [6.45, 7) is 2.22. The molecular formula is C27H49N6O12S3-. The number of imidazole rings is 1. The van der Waals surface area contributed by atoms with Crippen molar-refractivity contribution < 1.29 is 55.3 Å². The van der Waals surface area contributed by atoms with Gasteiger partial charge in [-0.1, -0.05) is 64.7 Å². The van der Waals surface area contributed by atoms with Crippen LogP contribution in [0.4, 0.5) is 5.82 Å². The molecular weight excluding hydrogens is 697 g/mol. The van der Waals surface area contributed by atoms with Crippen molar-refractivity contribution in [1.82, 2.24) is 19.5 Å². The number of fused-ring (bicyclic) bond motifs is 1. The molecule has 0 radical (unpaired) electrons. The second-order valence-electron chi connectivity index (χ2n) is 11.4. The van der Waals surface area contributed by atoms with Gasteiger partial charge in [-0.15, -0.1) is 0 Å². The van der Waals surface area contributed by atoms with Crippen molar-refractivity contribution in [2.75, 3.05) is 29.2 Å². The Hall–Kier alpha value is -2.21. The molecule has 6 atom stereocenters. The van der Waals surface area contributed by atoms with E-state index in [-0.39, 0.29) is 22.5 Å². The predicted molar refractivity (Wildman–Crippen MR) is 178 cm³/mol. The number of nitrogens with zero attached hydrogens (tertiary/aromatic N) is 4. The number of hydrogen-bond donors (Lipinski definition) is 6. The van der Waals surface area contributed by atoms with E-state index in [1.54, 1.807) is 0 Å². The summed E-state index contributed by atoms with van der Waals surface area (Å²) < 4.78 is 70.8. The molecule has 0 aromatic carbocycles. The fourth-order valence-electron chi connectivity index (χ4n) is 4.74. The minimum atomic E-state index is -5.17. The van der Waals surface area contributed by atoms with E-state index in [1.807, 2.05) is 6.26 Å². The Balaban J connectivity index is 0.000000466. The van der Waals surface area contributed by atoms with Crippen LogP contribution < -0.4 is 11.5 Å². The van der Waals surface area contributed by atoms with E-state index in [4.69, 9.17) is 43.4 Å². The average Bonchev–Trinajstić information content (AvgIpc) is 3.53. The van der Waals surface area contributed by atoms with Crippen LogP contribution in [0.25, 0.3) is 11.2 Å². The third-order valence-electron chi connectivity index (χ3n) is 7.30. The van der Waals surface area contributed by atoms with Gasteiger partial charge in [0, 0.05) is 16.8 Å². The number of carboxylic acids is 1. The topological polar surface area (TPSA) is 317 Å². The van der Waals surface area contributed by atoms with Crippen molar-refractivity contribution in [3.63, 3.8) is 0 Å². The van der Waals surface area contributed by atoms with Crippen molar-refractivity contribution in [3.05, 3.63) is 12.7 Å². The molecule has 0 amide bonds. The minimum absolute atomic E-state index is 0.0799. The summed E-state index contributed by atoms with van der Waals surface area (Å²) in [5, 5.41) is 29.7. The summed E-state index contributed by atoms with van der Waals surface area (Å²) in [6, 6.07) is -0.907. The van der Waals surface area contributed by atoms with Crippen molar-refractivity contribution in [3.8, 4) is 0 Å². The molecule has 18 nitrogen and oxygen atoms in total. The van der Waals surface area contributed by atoms with E-state index in [0.29, 0.717) is 35.5 Å². The Labute approximate surface area is 284 Å². The van der Waals surface area contributed by atoms with Gasteiger partial charge in [-0.25, -0.2) is 15.0 Å². The van der Waals surface area contributed by atoms with Crippen molar-refractivity contribution >= 4 is 54.4 Å². The lowest BCUT2D eigenvalue weighted by molar-refractivity contribution is -0.138. The normalized spacial score (nSPS) is 20.8. The summed E-state index contributed by atoms with van der Waals surface area (Å²) in [5.41, 5.74) is 12.1. The second-order valence-corrected chi connectivity index (χ2v) is 16.1. The van der Waals surface area contributed by atoms with Gasteiger partial charge in [0.2, 0.25) is 0 Å². The van der Waals surface area contributed by atoms with Crippen LogP contribution in [0.5, 0.6) is 0 Å². The average molecular weight is 746 g/mol. The Morgan fingerprint density at radius 2 is 1.54 bits per heavy atom. The lowest BCUT2D eigenvalue weighted by Gasteiger charge is -2.16. The molecule has 2 aromatic heterocycles. The number of carboxylic acid groups (broad SMARTS) is 1. The molecule has 48 heavy (non-hydrogen) atoms. The maximum atomic E-state index is 10.8. The van der Waals surface area contributed by atoms with Crippen LogP contribution in [0.1, 0.15) is 83.8 Å². The first kappa shape index (κ1) is 43.8. The molecule has 8 N–H and O–H groups in total. The number of aliphatic hydroxyl groups excluding tert-OH is 2. The molecule has 0 saturated carbocycles. The maximum Gasteiger partial charge on any atom is 0.320 e. The van der Waals surface area contributed by atoms with Gasteiger partial charge >= 0.3 is 5.97 Å². The standard InChI is InChI=1S/C15H22N6O5S.C12H26O3S.H2O4S/c1-27(3-2-7(16)15(24)25)4-8-10(22)11(23)14(26-8)21-6-20-9-12(17)18-5-19-13(9)21;1-2-3-4-5-6-7-8-9-10-11-12-16(13,14)15;1-5(2,3)4/h5-8,10-11,14,22-23H,2-4,16H2,1H3,(H2-,17,18,19,24,25);2-12H2,1H3,(H,13,14,15);(H2,1,2,3,4)/p-1/t7-,8+,10+,11+,14+,27?;;/m0../s1. The van der Waals surface area contributed by atoms with E-state index < -0.39 is 57.1 Å². The highest BCUT2D eigenvalue weighted by Crippen LogP contribution is 2.32. The highest BCUT2D eigenvalue weighted by atomic mass is 32.3. The molecule has 1 aliphatic heterocycles. The first-order valence-corrected chi connectivity index (χ1v) is 20.4. The van der Waals surface area contributed by atoms with Crippen LogP contribution in [0.15, 0.2) is 12.7 Å². The maximum absolute atomic E-state index is 10.8. The highest BCUT2D eigenvalue weighted by molar-refractivity contribution is 7.96. The first-order valence-electron chi connectivity index (χ1n) is 15.5. The molecule has 1 fully saturated rings. The Morgan fingerprint density at radius 3 is 2.06 bits per heavy atom. The van der Waals surface area contributed by atoms with Gasteiger partial charge in [-0.3, -0.25) is 22.3 Å². The number of nitrogens with two attached hydrogens (primary N) is 2. The number of ether oxygens (including phenoxy) is 1. The lowest BCUT2D eigenvalue weighted by atomic mass is 10.1. The number of carbonyl (C=O) groups is 1. The van der Waals surface area contributed by atoms with Crippen LogP contribution >= 0.6 is 0 Å². The number of aliphatic hydroxyl groups is 2. The van der Waals surface area contributed by atoms with Crippen molar-refractivity contribution in [2.24, 2.45) is 5.73 Å². The SMILES string of the molecule is CCCCCCCCCCCCS(=O)(=O)O.C[S+](CC[C@H](N)C(=O)O)C[C@H]1O[C@@H](n2cnc3c(N)ncnc32)[C@H](O)[C@@H]1O.O=S(=O)([O-])[O-]. The zero-order valence-corrected chi connectivity index (χ0v) is 29.6. The van der Waals surface area contributed by atoms with E-state index in [9.17, 15) is 23.4 Å². The Bertz CT molecular complexity index is 1440. The Morgan fingerprint density at radius 1 is 1.00 bits per heavy atom. The van der Waals surface area contributed by atoms with Crippen LogP contribution in [-0.2, 0) is 40.9 Å². The summed E-state index contributed by atoms with van der Waals surface area (Å²) in [5.74, 6) is 0.175. The smallest absolute Gasteiger partial charge is 0.320 e. The third kappa shape index (κ3) is 18.0. The molecule has 0 spiro atoms. The molecule has 3 rings (SSSR count). The molecule has 21 heteroatoms. The number of unbranched alkanes of at least 4 members (excludes halogenated alkanes) is 9. The van der Waals surface area contributed by atoms with Crippen LogP contribution in [0.3, 0.4) is 0 Å². The molecule has 3 heterocycles. The van der Waals surface area contributed by atoms with Gasteiger partial charge in [-0.05, 0) is 17.3 Å². The predicted octanol–water partition coefficient (Wildman–Crippen LogP) is 0.535. The van der Waals surface area contributed by atoms with E-state index in [1.165, 1.54) is 62.2 Å². The van der Waals surface area contributed by atoms with Crippen LogP contribution in [0, 0.1) is 0 Å². The van der Waals surface area contributed by atoms with Gasteiger partial charge in [0.1, 0.15) is 47.7 Å². The van der Waals surface area contributed by atoms with Gasteiger partial charge in [0.05, 0.1) is 18.3 Å². The largest absolute Gasteiger partial charge is 0.759 e. The van der Waals surface area contributed by atoms with Crippen molar-refractivity contribution in [1.29, 1.82) is 0 Å². The van der Waals surface area contributed by atoms with Gasteiger partial charge < -0.3 is 40.6 Å². The van der Waals surface area contributed by atoms with Crippen molar-refractivity contribution in [2.45, 2.75) is 108 Å². The molecule has 278 valence electrons. The fraction of sp³-hybridized carbons (Fsp3) is 0.778. The first-order chi connectivity index (χ1) is 22.4. The number of anilines is 1. The van der Waals surface area contributed by atoms with Crippen LogP contribution in [0.2, 0.25) is 0 Å². The van der Waals surface area contributed by atoms with Gasteiger partial charge in [0.15, 0.2) is 17.7 Å². The number of aromatic nitrogens is 4. The highest BCUT2D eigenvalue weighted by Gasteiger charge is 2.46. The zero-order chi connectivity index (χ0) is 36.5. The lowest BCUT2D eigenvalue weighted by Crippen LogP contribution is -2.37. The summed E-state index contributed by atoms with van der Waals surface area (Å²) in [6.07, 6.45) is 13.0. The quantitative estimate of drug-likeness (QED) is 0.0524. The zero-order valence-electron chi connectivity index (χ0n) is 27.2. The number of hydrogen-bond acceptors (Lipinski definition) is 15. The second kappa shape index (κ2) is 21.8. The molecule has 2 aromatic rings.